The van der Waals surface area contributed by atoms with Crippen LogP contribution in [0.4, 0.5) is 0 Å². The van der Waals surface area contributed by atoms with Crippen molar-refractivity contribution in [3.8, 4) is 6.07 Å². The molecule has 0 aromatic rings. The quantitative estimate of drug-likeness (QED) is 0.425. The molecule has 108 valence electrons. The van der Waals surface area contributed by atoms with E-state index in [4.69, 9.17) is 14.7 Å². The van der Waals surface area contributed by atoms with Gasteiger partial charge in [0.1, 0.15) is 12.4 Å². The Morgan fingerprint density at radius 2 is 1.95 bits per heavy atom. The van der Waals surface area contributed by atoms with E-state index in [0.717, 1.165) is 19.3 Å². The number of esters is 1. The predicted molar refractivity (Wildman–Crippen MR) is 70.4 cm³/mol. The summed E-state index contributed by atoms with van der Waals surface area (Å²) in [6.45, 7) is 1.75. The van der Waals surface area contributed by atoms with Crippen molar-refractivity contribution in [1.82, 2.24) is 0 Å². The van der Waals surface area contributed by atoms with Gasteiger partial charge in [-0.3, -0.25) is 4.79 Å². The van der Waals surface area contributed by atoms with Gasteiger partial charge in [-0.05, 0) is 26.2 Å². The highest BCUT2D eigenvalue weighted by Gasteiger charge is 2.11. The monoisotopic (exact) mass is 269 g/mol. The van der Waals surface area contributed by atoms with E-state index >= 15 is 0 Å². The minimum atomic E-state index is -0.291. The Balaban J connectivity index is 3.66. The summed E-state index contributed by atoms with van der Waals surface area (Å²) in [5.41, 5.74) is 0. The zero-order chi connectivity index (χ0) is 14.5. The number of ether oxygens (including phenoxy) is 2. The van der Waals surface area contributed by atoms with Crippen molar-refractivity contribution in [3.63, 3.8) is 0 Å². The molecular weight excluding hydrogens is 246 g/mol. The SMILES string of the molecule is COC(CCCCC(C)=O)CCC(=O)OCCC#N. The molecule has 0 saturated heterocycles. The number of hydrogen-bond acceptors (Lipinski definition) is 5. The van der Waals surface area contributed by atoms with Crippen LogP contribution in [0.3, 0.4) is 0 Å². The first kappa shape index (κ1) is 17.6. The second-order valence-corrected chi connectivity index (χ2v) is 4.47. The van der Waals surface area contributed by atoms with E-state index in [1.54, 1.807) is 14.0 Å². The molecule has 0 aromatic heterocycles. The fourth-order valence-electron chi connectivity index (χ4n) is 1.69. The number of carbonyl (C=O) groups is 2. The lowest BCUT2D eigenvalue weighted by Crippen LogP contribution is -2.14. The Morgan fingerprint density at radius 1 is 1.21 bits per heavy atom. The summed E-state index contributed by atoms with van der Waals surface area (Å²) in [6, 6.07) is 1.91. The van der Waals surface area contributed by atoms with Crippen LogP contribution in [0.15, 0.2) is 0 Å². The summed E-state index contributed by atoms with van der Waals surface area (Å²) in [4.78, 5) is 22.1. The Hall–Kier alpha value is -1.41. The van der Waals surface area contributed by atoms with Gasteiger partial charge in [0.05, 0.1) is 18.6 Å². The third-order valence-electron chi connectivity index (χ3n) is 2.79. The Morgan fingerprint density at radius 3 is 2.53 bits per heavy atom. The van der Waals surface area contributed by atoms with Gasteiger partial charge >= 0.3 is 5.97 Å². The van der Waals surface area contributed by atoms with Crippen molar-refractivity contribution in [2.75, 3.05) is 13.7 Å². The first-order valence-corrected chi connectivity index (χ1v) is 6.65. The van der Waals surface area contributed by atoms with Gasteiger partial charge in [0.2, 0.25) is 0 Å². The maximum atomic E-state index is 11.3. The molecule has 1 unspecified atom stereocenters. The van der Waals surface area contributed by atoms with E-state index in [1.807, 2.05) is 6.07 Å². The van der Waals surface area contributed by atoms with Crippen molar-refractivity contribution < 1.29 is 19.1 Å². The van der Waals surface area contributed by atoms with Gasteiger partial charge in [0.25, 0.3) is 0 Å². The van der Waals surface area contributed by atoms with Crippen LogP contribution in [0.25, 0.3) is 0 Å². The molecule has 0 rings (SSSR count). The van der Waals surface area contributed by atoms with Gasteiger partial charge in [0.15, 0.2) is 0 Å². The molecule has 5 heteroatoms. The summed E-state index contributed by atoms with van der Waals surface area (Å²) in [5, 5.41) is 8.31. The van der Waals surface area contributed by atoms with Crippen molar-refractivity contribution in [2.24, 2.45) is 0 Å². The number of methoxy groups -OCH3 is 1. The molecule has 0 saturated carbocycles. The minimum absolute atomic E-state index is 0.0236. The lowest BCUT2D eigenvalue weighted by atomic mass is 10.1. The van der Waals surface area contributed by atoms with E-state index in [1.165, 1.54) is 0 Å². The molecule has 0 spiro atoms. The molecule has 5 nitrogen and oxygen atoms in total. The summed E-state index contributed by atoms with van der Waals surface area (Å²) in [7, 11) is 1.62. The van der Waals surface area contributed by atoms with Gasteiger partial charge in [0, 0.05) is 20.0 Å². The van der Waals surface area contributed by atoms with Gasteiger partial charge in [-0.1, -0.05) is 6.42 Å². The van der Waals surface area contributed by atoms with Crippen LogP contribution in [-0.2, 0) is 19.1 Å². The molecule has 0 aliphatic rings. The van der Waals surface area contributed by atoms with Crippen LogP contribution < -0.4 is 0 Å². The standard InChI is InChI=1S/C14H23NO4/c1-12(16)6-3-4-7-13(18-2)8-9-14(17)19-11-5-10-15/h13H,3-9,11H2,1-2H3. The molecule has 0 amide bonds. The van der Waals surface area contributed by atoms with Crippen LogP contribution in [-0.4, -0.2) is 31.6 Å². The number of Topliss-reactive ketones (excluding diaryl/α,β-unsaturated/α-hetero) is 1. The lowest BCUT2D eigenvalue weighted by molar-refractivity contribution is -0.144. The summed E-state index contributed by atoms with van der Waals surface area (Å²) in [5.74, 6) is -0.0870. The second kappa shape index (κ2) is 11.7. The molecule has 0 aromatic carbocycles. The zero-order valence-electron chi connectivity index (χ0n) is 11.8. The van der Waals surface area contributed by atoms with Crippen LogP contribution in [0.5, 0.6) is 0 Å². The normalized spacial score (nSPS) is 11.6. The van der Waals surface area contributed by atoms with E-state index in [-0.39, 0.29) is 30.9 Å². The number of ketones is 1. The molecule has 0 aliphatic carbocycles. The molecule has 0 fully saturated rings. The smallest absolute Gasteiger partial charge is 0.305 e. The first-order chi connectivity index (χ1) is 9.10. The summed E-state index contributed by atoms with van der Waals surface area (Å²) in [6.07, 6.45) is 4.39. The van der Waals surface area contributed by atoms with Gasteiger partial charge < -0.3 is 14.3 Å². The van der Waals surface area contributed by atoms with E-state index in [0.29, 0.717) is 19.3 Å². The first-order valence-electron chi connectivity index (χ1n) is 6.65. The number of unbranched alkanes of at least 4 members (excludes halogenated alkanes) is 1. The highest BCUT2D eigenvalue weighted by molar-refractivity contribution is 5.75. The number of nitrogens with zero attached hydrogens (tertiary/aromatic N) is 1. The average molecular weight is 269 g/mol. The molecule has 0 bridgehead atoms. The molecule has 0 heterocycles. The Labute approximate surface area is 114 Å². The second-order valence-electron chi connectivity index (χ2n) is 4.47. The van der Waals surface area contributed by atoms with Crippen LogP contribution in [0, 0.1) is 11.3 Å². The predicted octanol–water partition coefficient (Wildman–Crippen LogP) is 2.39. The zero-order valence-corrected chi connectivity index (χ0v) is 11.8. The van der Waals surface area contributed by atoms with Crippen LogP contribution in [0.2, 0.25) is 0 Å². The van der Waals surface area contributed by atoms with E-state index in [9.17, 15) is 9.59 Å². The minimum Gasteiger partial charge on any atom is -0.465 e. The van der Waals surface area contributed by atoms with Crippen molar-refractivity contribution in [2.45, 2.75) is 58.0 Å². The van der Waals surface area contributed by atoms with Gasteiger partial charge in [-0.15, -0.1) is 0 Å². The largest absolute Gasteiger partial charge is 0.465 e. The summed E-state index contributed by atoms with van der Waals surface area (Å²) >= 11 is 0. The lowest BCUT2D eigenvalue weighted by Gasteiger charge is -2.14. The number of carbonyl (C=O) groups excluding carboxylic acids is 2. The van der Waals surface area contributed by atoms with Crippen molar-refractivity contribution in [1.29, 1.82) is 5.26 Å². The molecule has 0 aliphatic heterocycles. The van der Waals surface area contributed by atoms with Gasteiger partial charge in [-0.25, -0.2) is 0 Å². The average Bonchev–Trinajstić information content (AvgIpc) is 2.38. The molecule has 19 heavy (non-hydrogen) atoms. The van der Waals surface area contributed by atoms with Crippen molar-refractivity contribution in [3.05, 3.63) is 0 Å². The van der Waals surface area contributed by atoms with Crippen LogP contribution >= 0.6 is 0 Å². The topological polar surface area (TPSA) is 76.4 Å². The molecule has 0 N–H and O–H groups in total. The fraction of sp³-hybridized carbons (Fsp3) is 0.786. The number of rotatable bonds is 11. The molecule has 0 radical (unpaired) electrons. The maximum Gasteiger partial charge on any atom is 0.305 e. The molecular formula is C14H23NO4. The number of nitriles is 1. The van der Waals surface area contributed by atoms with Crippen LogP contribution in [0.1, 0.15) is 51.9 Å². The van der Waals surface area contributed by atoms with Gasteiger partial charge in [-0.2, -0.15) is 5.26 Å². The van der Waals surface area contributed by atoms with E-state index < -0.39 is 0 Å². The van der Waals surface area contributed by atoms with E-state index in [2.05, 4.69) is 0 Å². The third-order valence-corrected chi connectivity index (χ3v) is 2.79. The molecule has 1 atom stereocenters. The summed E-state index contributed by atoms with van der Waals surface area (Å²) < 4.78 is 10.2. The fourth-order valence-corrected chi connectivity index (χ4v) is 1.69. The number of hydrogen-bond donors (Lipinski definition) is 0. The highest BCUT2D eigenvalue weighted by atomic mass is 16.5. The maximum absolute atomic E-state index is 11.3. The highest BCUT2D eigenvalue weighted by Crippen LogP contribution is 2.12. The Bertz CT molecular complexity index is 309. The Kier molecular flexibility index (Phi) is 10.8. The third kappa shape index (κ3) is 11.4. The van der Waals surface area contributed by atoms with Crippen molar-refractivity contribution >= 4 is 11.8 Å².